The highest BCUT2D eigenvalue weighted by Gasteiger charge is 2.47. The first-order chi connectivity index (χ1) is 17.0. The van der Waals surface area contributed by atoms with Crippen LogP contribution >= 0.6 is 11.8 Å². The van der Waals surface area contributed by atoms with Gasteiger partial charge in [0, 0.05) is 36.9 Å². The van der Waals surface area contributed by atoms with E-state index in [1.165, 1.54) is 0 Å². The summed E-state index contributed by atoms with van der Waals surface area (Å²) in [6.07, 6.45) is 3.60. The van der Waals surface area contributed by atoms with Crippen molar-refractivity contribution >= 4 is 29.6 Å². The highest BCUT2D eigenvalue weighted by molar-refractivity contribution is 8.00. The molecule has 2 aliphatic rings. The molecule has 2 rings (SSSR count). The molecule has 12 heteroatoms. The lowest BCUT2D eigenvalue weighted by Gasteiger charge is -2.26. The minimum atomic E-state index is -0.377. The van der Waals surface area contributed by atoms with Gasteiger partial charge in [0.2, 0.25) is 11.8 Å². The molecular formula is C23H42N4O7S. The smallest absolute Gasteiger partial charge is 0.318 e. The number of fused-ring (bicyclic) bond motifs is 1. The van der Waals surface area contributed by atoms with Crippen molar-refractivity contribution in [2.75, 3.05) is 71.7 Å². The zero-order chi connectivity index (χ0) is 25.3. The Labute approximate surface area is 212 Å². The van der Waals surface area contributed by atoms with E-state index in [1.54, 1.807) is 0 Å². The number of thioether (sulfide) groups is 1. The van der Waals surface area contributed by atoms with Gasteiger partial charge in [0.05, 0.1) is 64.9 Å². The molecule has 0 aromatic heterocycles. The molecule has 0 saturated carbocycles. The lowest BCUT2D eigenvalue weighted by atomic mass is 10.0. The van der Waals surface area contributed by atoms with Gasteiger partial charge in [0.1, 0.15) is 0 Å². The van der Waals surface area contributed by atoms with Crippen molar-refractivity contribution in [2.24, 2.45) is 5.73 Å². The predicted molar refractivity (Wildman–Crippen MR) is 133 cm³/mol. The fourth-order valence-corrected chi connectivity index (χ4v) is 5.73. The molecule has 4 amide bonds. The number of nitrogens with one attached hydrogen (secondary N) is 2. The van der Waals surface area contributed by atoms with Gasteiger partial charge in [0.25, 0.3) is 0 Å². The highest BCUT2D eigenvalue weighted by Crippen LogP contribution is 2.37. The fraction of sp³-hybridized carbons (Fsp3) is 0.870. The molecule has 2 heterocycles. The van der Waals surface area contributed by atoms with E-state index in [0.29, 0.717) is 77.1 Å². The van der Waals surface area contributed by atoms with Crippen LogP contribution in [0.5, 0.6) is 0 Å². The second-order valence-electron chi connectivity index (χ2n) is 8.47. The van der Waals surface area contributed by atoms with Gasteiger partial charge in [-0.2, -0.15) is 11.8 Å². The largest absolute Gasteiger partial charge is 0.379 e. The van der Waals surface area contributed by atoms with E-state index in [4.69, 9.17) is 24.7 Å². The summed E-state index contributed by atoms with van der Waals surface area (Å²) in [7, 11) is 0. The molecule has 2 fully saturated rings. The van der Waals surface area contributed by atoms with E-state index in [2.05, 4.69) is 10.6 Å². The van der Waals surface area contributed by atoms with Gasteiger partial charge >= 0.3 is 6.03 Å². The summed E-state index contributed by atoms with van der Waals surface area (Å²) in [6, 6.07) is 0.623. The molecule has 3 atom stereocenters. The number of hydrogen-bond donors (Lipinski definition) is 3. The maximum atomic E-state index is 12.0. The Morgan fingerprint density at radius 1 is 1.00 bits per heavy atom. The number of urea groups is 1. The van der Waals surface area contributed by atoms with Crippen LogP contribution in [-0.4, -0.2) is 112 Å². The maximum absolute atomic E-state index is 12.0. The average Bonchev–Trinajstić information content (AvgIpc) is 3.36. The molecule has 202 valence electrons. The Balaban J connectivity index is 1.33. The second kappa shape index (κ2) is 17.8. The van der Waals surface area contributed by atoms with Crippen LogP contribution in [0.15, 0.2) is 0 Å². The molecule has 2 saturated heterocycles. The number of nitrogens with zero attached hydrogens (tertiary/aromatic N) is 1. The highest BCUT2D eigenvalue weighted by atomic mass is 32.2. The Morgan fingerprint density at radius 3 is 2.26 bits per heavy atom. The summed E-state index contributed by atoms with van der Waals surface area (Å²) in [6.45, 7) is 6.71. The molecule has 2 unspecified atom stereocenters. The van der Waals surface area contributed by atoms with Crippen molar-refractivity contribution in [3.05, 3.63) is 0 Å². The van der Waals surface area contributed by atoms with E-state index < -0.39 is 0 Å². The Morgan fingerprint density at radius 2 is 1.63 bits per heavy atom. The molecule has 2 aliphatic heterocycles. The minimum Gasteiger partial charge on any atom is -0.379 e. The monoisotopic (exact) mass is 518 g/mol. The molecule has 0 aromatic carbocycles. The molecular weight excluding hydrogens is 476 g/mol. The van der Waals surface area contributed by atoms with E-state index >= 15 is 0 Å². The van der Waals surface area contributed by atoms with Crippen LogP contribution in [0.2, 0.25) is 0 Å². The number of amides is 4. The number of primary amides is 1. The number of hydrogen-bond acceptors (Lipinski definition) is 8. The van der Waals surface area contributed by atoms with Crippen LogP contribution in [0.3, 0.4) is 0 Å². The SMILES string of the molecule is CCN1C(=O)NC2CS[C@@H](CCCCC(=O)NCCOCCOCCOCCOCCC(N)=O)C21. The summed E-state index contributed by atoms with van der Waals surface area (Å²) in [5.74, 6) is 0.649. The molecule has 4 N–H and O–H groups in total. The number of rotatable bonds is 21. The first-order valence-corrected chi connectivity index (χ1v) is 13.6. The maximum Gasteiger partial charge on any atom is 0.318 e. The van der Waals surface area contributed by atoms with Gasteiger partial charge in [0.15, 0.2) is 0 Å². The molecule has 0 aliphatic carbocycles. The van der Waals surface area contributed by atoms with E-state index in [1.807, 2.05) is 23.6 Å². The van der Waals surface area contributed by atoms with Crippen molar-refractivity contribution in [3.8, 4) is 0 Å². The van der Waals surface area contributed by atoms with E-state index in [9.17, 15) is 14.4 Å². The van der Waals surface area contributed by atoms with Crippen LogP contribution in [0, 0.1) is 0 Å². The lowest BCUT2D eigenvalue weighted by molar-refractivity contribution is -0.121. The number of likely N-dealkylation sites (N-methyl/N-ethyl adjacent to an activating group) is 1. The van der Waals surface area contributed by atoms with Gasteiger partial charge in [-0.1, -0.05) is 6.42 Å². The zero-order valence-corrected chi connectivity index (χ0v) is 21.7. The summed E-state index contributed by atoms with van der Waals surface area (Å²) in [5, 5.41) is 6.42. The minimum absolute atomic E-state index is 0.0467. The molecule has 11 nitrogen and oxygen atoms in total. The van der Waals surface area contributed by atoms with Crippen LogP contribution in [0.1, 0.15) is 39.0 Å². The summed E-state index contributed by atoms with van der Waals surface area (Å²) < 4.78 is 21.4. The molecule has 0 radical (unpaired) electrons. The fourth-order valence-electron chi connectivity index (χ4n) is 4.13. The zero-order valence-electron chi connectivity index (χ0n) is 20.8. The second-order valence-corrected chi connectivity index (χ2v) is 9.74. The number of nitrogens with two attached hydrogens (primary N) is 1. The molecule has 0 spiro atoms. The Hall–Kier alpha value is -1.60. The summed E-state index contributed by atoms with van der Waals surface area (Å²) in [5.41, 5.74) is 5.01. The predicted octanol–water partition coefficient (Wildman–Crippen LogP) is 0.503. The van der Waals surface area contributed by atoms with Crippen LogP contribution in [0.25, 0.3) is 0 Å². The van der Waals surface area contributed by atoms with Crippen molar-refractivity contribution < 1.29 is 33.3 Å². The van der Waals surface area contributed by atoms with Gasteiger partial charge in [-0.05, 0) is 19.8 Å². The van der Waals surface area contributed by atoms with Crippen LogP contribution in [0.4, 0.5) is 4.79 Å². The van der Waals surface area contributed by atoms with E-state index in [0.717, 1.165) is 31.6 Å². The number of carbonyl (C=O) groups is 3. The number of carbonyl (C=O) groups excluding carboxylic acids is 3. The van der Waals surface area contributed by atoms with Crippen molar-refractivity contribution in [3.63, 3.8) is 0 Å². The lowest BCUT2D eigenvalue weighted by Crippen LogP contribution is -2.40. The van der Waals surface area contributed by atoms with Gasteiger partial charge in [-0.3, -0.25) is 9.59 Å². The standard InChI is InChI=1S/C23H42N4O7S/c1-2-27-22-18(26-23(27)30)17-35-19(22)5-3-4-6-21(29)25-8-10-32-12-14-34-16-15-33-13-11-31-9-7-20(24)28/h18-19,22H,2-17H2,1H3,(H2,24,28)(H,25,29)(H,26,30)/t18?,19-,22?/m0/s1. The summed E-state index contributed by atoms with van der Waals surface area (Å²) in [4.78, 5) is 36.5. The first kappa shape index (κ1) is 29.6. The number of unbranched alkanes of at least 4 members (excludes halogenated alkanes) is 1. The van der Waals surface area contributed by atoms with Gasteiger partial charge in [-0.25, -0.2) is 4.79 Å². The molecule has 0 bridgehead atoms. The van der Waals surface area contributed by atoms with Gasteiger partial charge < -0.3 is 40.2 Å². The van der Waals surface area contributed by atoms with E-state index in [-0.39, 0.29) is 30.3 Å². The summed E-state index contributed by atoms with van der Waals surface area (Å²) >= 11 is 1.94. The average molecular weight is 519 g/mol. The third kappa shape index (κ3) is 11.8. The van der Waals surface area contributed by atoms with Crippen molar-refractivity contribution in [2.45, 2.75) is 56.4 Å². The number of ether oxygens (including phenoxy) is 4. The normalized spacial score (nSPS) is 21.2. The van der Waals surface area contributed by atoms with Gasteiger partial charge in [-0.15, -0.1) is 0 Å². The third-order valence-corrected chi connectivity index (χ3v) is 7.37. The van der Waals surface area contributed by atoms with Crippen molar-refractivity contribution in [1.82, 2.24) is 15.5 Å². The van der Waals surface area contributed by atoms with Crippen LogP contribution < -0.4 is 16.4 Å². The Kier molecular flexibility index (Phi) is 15.0. The quantitative estimate of drug-likeness (QED) is 0.147. The van der Waals surface area contributed by atoms with Crippen molar-refractivity contribution in [1.29, 1.82) is 0 Å². The first-order valence-electron chi connectivity index (χ1n) is 12.6. The molecule has 35 heavy (non-hydrogen) atoms. The Bertz CT molecular complexity index is 643. The third-order valence-electron chi connectivity index (χ3n) is 5.87. The van der Waals surface area contributed by atoms with Crippen LogP contribution in [-0.2, 0) is 28.5 Å². The molecule has 0 aromatic rings. The topological polar surface area (TPSA) is 141 Å².